The van der Waals surface area contributed by atoms with E-state index in [4.69, 9.17) is 8.94 Å². The van der Waals surface area contributed by atoms with E-state index in [0.29, 0.717) is 18.0 Å². The molecule has 0 unspecified atom stereocenters. The fourth-order valence-corrected chi connectivity index (χ4v) is 3.39. The number of pyridine rings is 1. The molecule has 3 aromatic rings. The average Bonchev–Trinajstić information content (AvgIpc) is 3.39. The van der Waals surface area contributed by atoms with Crippen molar-refractivity contribution in [1.29, 1.82) is 0 Å². The molecule has 4 heterocycles. The molecule has 4 rings (SSSR count). The molecule has 0 aromatic carbocycles. The van der Waals surface area contributed by atoms with Gasteiger partial charge in [0.25, 0.3) is 0 Å². The van der Waals surface area contributed by atoms with Crippen LogP contribution in [0.2, 0.25) is 0 Å². The highest BCUT2D eigenvalue weighted by Crippen LogP contribution is 2.20. The Balaban J connectivity index is 1.29. The van der Waals surface area contributed by atoms with E-state index < -0.39 is 0 Å². The van der Waals surface area contributed by atoms with E-state index in [1.807, 2.05) is 36.4 Å². The van der Waals surface area contributed by atoms with Crippen LogP contribution in [0.5, 0.6) is 0 Å². The predicted molar refractivity (Wildman–Crippen MR) is 98.3 cm³/mol. The summed E-state index contributed by atoms with van der Waals surface area (Å²) in [6, 6.07) is 11.3. The first-order valence-electron chi connectivity index (χ1n) is 9.17. The Morgan fingerprint density at radius 3 is 3.00 bits per heavy atom. The number of rotatable bonds is 6. The van der Waals surface area contributed by atoms with E-state index in [1.165, 1.54) is 0 Å². The minimum absolute atomic E-state index is 0.0214. The van der Waals surface area contributed by atoms with Gasteiger partial charge in [-0.05, 0) is 43.7 Å². The molecule has 0 bridgehead atoms. The lowest BCUT2D eigenvalue weighted by atomic mass is 9.97. The molecule has 3 aromatic heterocycles. The maximum absolute atomic E-state index is 12.6. The molecule has 0 spiro atoms. The van der Waals surface area contributed by atoms with Crippen LogP contribution in [0.4, 0.5) is 0 Å². The lowest BCUT2D eigenvalue weighted by Gasteiger charge is -2.31. The standard InChI is InChI=1S/C20H22N4O3/c25-20(15-5-3-9-24(13-15)14-16-6-4-10-26-16)22-12-17-11-19(23-27-17)18-7-1-2-8-21-18/h1-2,4,6-8,10-11,15H,3,5,9,12-14H2,(H,22,25)/t15-/m1/s1. The van der Waals surface area contributed by atoms with Crippen molar-refractivity contribution in [2.24, 2.45) is 5.92 Å². The molecule has 7 heteroatoms. The number of carbonyl (C=O) groups excluding carboxylic acids is 1. The SMILES string of the molecule is O=C(NCc1cc(-c2ccccn2)no1)[C@@H]1CCCN(Cc2ccco2)C1. The van der Waals surface area contributed by atoms with Gasteiger partial charge in [-0.3, -0.25) is 14.7 Å². The summed E-state index contributed by atoms with van der Waals surface area (Å²) in [4.78, 5) is 19.1. The lowest BCUT2D eigenvalue weighted by molar-refractivity contribution is -0.127. The molecule has 0 radical (unpaired) electrons. The number of likely N-dealkylation sites (tertiary alicyclic amines) is 1. The average molecular weight is 366 g/mol. The normalized spacial score (nSPS) is 17.7. The van der Waals surface area contributed by atoms with Crippen LogP contribution < -0.4 is 5.32 Å². The van der Waals surface area contributed by atoms with Crippen molar-refractivity contribution >= 4 is 5.91 Å². The summed E-state index contributed by atoms with van der Waals surface area (Å²) < 4.78 is 10.7. The van der Waals surface area contributed by atoms with Crippen molar-refractivity contribution in [2.45, 2.75) is 25.9 Å². The molecule has 0 saturated carbocycles. The van der Waals surface area contributed by atoms with Crippen molar-refractivity contribution in [3.63, 3.8) is 0 Å². The fourth-order valence-electron chi connectivity index (χ4n) is 3.39. The van der Waals surface area contributed by atoms with Crippen LogP contribution >= 0.6 is 0 Å². The Kier molecular flexibility index (Phi) is 5.29. The second kappa shape index (κ2) is 8.18. The molecule has 27 heavy (non-hydrogen) atoms. The number of nitrogens with one attached hydrogen (secondary N) is 1. The third-order valence-corrected chi connectivity index (χ3v) is 4.76. The largest absolute Gasteiger partial charge is 0.468 e. The molecule has 1 aliphatic heterocycles. The summed E-state index contributed by atoms with van der Waals surface area (Å²) in [6.07, 6.45) is 5.30. The fraction of sp³-hybridized carbons (Fsp3) is 0.350. The maximum atomic E-state index is 12.6. The Morgan fingerprint density at radius 1 is 1.22 bits per heavy atom. The highest BCUT2D eigenvalue weighted by atomic mass is 16.5. The van der Waals surface area contributed by atoms with Gasteiger partial charge in [-0.2, -0.15) is 0 Å². The summed E-state index contributed by atoms with van der Waals surface area (Å²) >= 11 is 0. The van der Waals surface area contributed by atoms with E-state index in [1.54, 1.807) is 12.5 Å². The van der Waals surface area contributed by atoms with Crippen molar-refractivity contribution in [3.8, 4) is 11.4 Å². The molecule has 0 aliphatic carbocycles. The van der Waals surface area contributed by atoms with Crippen LogP contribution in [0.25, 0.3) is 11.4 Å². The van der Waals surface area contributed by atoms with Crippen LogP contribution in [0.3, 0.4) is 0 Å². The van der Waals surface area contributed by atoms with Gasteiger partial charge in [0.1, 0.15) is 11.5 Å². The van der Waals surface area contributed by atoms with Gasteiger partial charge in [-0.1, -0.05) is 11.2 Å². The summed E-state index contributed by atoms with van der Waals surface area (Å²) in [5, 5.41) is 6.99. The zero-order chi connectivity index (χ0) is 18.5. The number of amides is 1. The quantitative estimate of drug-likeness (QED) is 0.722. The summed E-state index contributed by atoms with van der Waals surface area (Å²) in [7, 11) is 0. The number of furan rings is 1. The van der Waals surface area contributed by atoms with E-state index in [9.17, 15) is 4.79 Å². The molecular formula is C20H22N4O3. The molecule has 1 N–H and O–H groups in total. The zero-order valence-electron chi connectivity index (χ0n) is 15.0. The Bertz CT molecular complexity index is 861. The first-order chi connectivity index (χ1) is 13.3. The zero-order valence-corrected chi connectivity index (χ0v) is 15.0. The topological polar surface area (TPSA) is 84.4 Å². The van der Waals surface area contributed by atoms with Gasteiger partial charge in [0.15, 0.2) is 5.76 Å². The molecule has 1 amide bonds. The number of piperidine rings is 1. The summed E-state index contributed by atoms with van der Waals surface area (Å²) in [6.45, 7) is 2.79. The van der Waals surface area contributed by atoms with Gasteiger partial charge in [0, 0.05) is 18.8 Å². The van der Waals surface area contributed by atoms with Crippen LogP contribution in [0, 0.1) is 5.92 Å². The van der Waals surface area contributed by atoms with Crippen molar-refractivity contribution < 1.29 is 13.7 Å². The minimum atomic E-state index is -0.0214. The number of hydrogen-bond acceptors (Lipinski definition) is 6. The van der Waals surface area contributed by atoms with Gasteiger partial charge in [0.2, 0.25) is 5.91 Å². The maximum Gasteiger partial charge on any atom is 0.224 e. The van der Waals surface area contributed by atoms with Crippen molar-refractivity contribution in [3.05, 3.63) is 60.4 Å². The first kappa shape index (κ1) is 17.5. The second-order valence-corrected chi connectivity index (χ2v) is 6.76. The Hall–Kier alpha value is -2.93. The Labute approximate surface area is 157 Å². The van der Waals surface area contributed by atoms with E-state index in [-0.39, 0.29) is 11.8 Å². The lowest BCUT2D eigenvalue weighted by Crippen LogP contribution is -2.42. The molecule has 1 atom stereocenters. The molecule has 1 aliphatic rings. The molecule has 1 saturated heterocycles. The van der Waals surface area contributed by atoms with Gasteiger partial charge < -0.3 is 14.3 Å². The van der Waals surface area contributed by atoms with Crippen LogP contribution in [-0.4, -0.2) is 34.0 Å². The molecule has 140 valence electrons. The monoisotopic (exact) mass is 366 g/mol. The summed E-state index contributed by atoms with van der Waals surface area (Å²) in [5.74, 6) is 1.58. The van der Waals surface area contributed by atoms with Gasteiger partial charge in [-0.25, -0.2) is 0 Å². The third kappa shape index (κ3) is 4.43. The van der Waals surface area contributed by atoms with Crippen molar-refractivity contribution in [1.82, 2.24) is 20.4 Å². The first-order valence-corrected chi connectivity index (χ1v) is 9.17. The summed E-state index contributed by atoms with van der Waals surface area (Å²) in [5.41, 5.74) is 1.42. The number of aromatic nitrogens is 2. The molecular weight excluding hydrogens is 344 g/mol. The third-order valence-electron chi connectivity index (χ3n) is 4.76. The van der Waals surface area contributed by atoms with E-state index >= 15 is 0 Å². The van der Waals surface area contributed by atoms with Gasteiger partial charge in [-0.15, -0.1) is 0 Å². The van der Waals surface area contributed by atoms with E-state index in [0.717, 1.165) is 43.9 Å². The minimum Gasteiger partial charge on any atom is -0.468 e. The molecule has 1 fully saturated rings. The second-order valence-electron chi connectivity index (χ2n) is 6.76. The smallest absolute Gasteiger partial charge is 0.224 e. The number of nitrogens with zero attached hydrogens (tertiary/aromatic N) is 3. The van der Waals surface area contributed by atoms with Gasteiger partial charge >= 0.3 is 0 Å². The number of carbonyl (C=O) groups is 1. The van der Waals surface area contributed by atoms with Crippen LogP contribution in [0.1, 0.15) is 24.4 Å². The van der Waals surface area contributed by atoms with E-state index in [2.05, 4.69) is 20.4 Å². The predicted octanol–water partition coefficient (Wildman–Crippen LogP) is 2.86. The number of hydrogen-bond donors (Lipinski definition) is 1. The highest BCUT2D eigenvalue weighted by Gasteiger charge is 2.26. The van der Waals surface area contributed by atoms with Crippen molar-refractivity contribution in [2.75, 3.05) is 13.1 Å². The van der Waals surface area contributed by atoms with Crippen LogP contribution in [-0.2, 0) is 17.9 Å². The molecule has 7 nitrogen and oxygen atoms in total. The van der Waals surface area contributed by atoms with Crippen LogP contribution in [0.15, 0.2) is 57.8 Å². The van der Waals surface area contributed by atoms with Gasteiger partial charge in [0.05, 0.1) is 31.0 Å². The highest BCUT2D eigenvalue weighted by molar-refractivity contribution is 5.78. The Morgan fingerprint density at radius 2 is 2.19 bits per heavy atom.